The van der Waals surface area contributed by atoms with Crippen molar-refractivity contribution in [2.75, 3.05) is 50.7 Å². The first kappa shape index (κ1) is 22.6. The van der Waals surface area contributed by atoms with Crippen molar-refractivity contribution in [1.29, 1.82) is 0 Å². The molecule has 0 aliphatic carbocycles. The Labute approximate surface area is 194 Å². The number of piperazine rings is 1. The molecule has 1 amide bonds. The zero-order chi connectivity index (χ0) is 22.9. The van der Waals surface area contributed by atoms with Gasteiger partial charge in [0.05, 0.1) is 6.54 Å². The van der Waals surface area contributed by atoms with E-state index in [4.69, 9.17) is 0 Å². The van der Waals surface area contributed by atoms with Crippen LogP contribution in [0.15, 0.2) is 53.9 Å². The molecule has 2 aromatic heterocycles. The highest BCUT2D eigenvalue weighted by molar-refractivity contribution is 5.83. The number of hydrogen-bond acceptors (Lipinski definition) is 5. The molecular weight excluding hydrogens is 416 g/mol. The molecule has 3 N–H and O–H groups in total. The Morgan fingerprint density at radius 2 is 1.88 bits per heavy atom. The summed E-state index contributed by atoms with van der Waals surface area (Å²) in [7, 11) is 0. The van der Waals surface area contributed by atoms with E-state index in [1.165, 1.54) is 10.9 Å². The largest absolute Gasteiger partial charge is 0.361 e. The molecule has 33 heavy (non-hydrogen) atoms. The normalized spacial score (nSPS) is 14.5. The van der Waals surface area contributed by atoms with Gasteiger partial charge in [-0.2, -0.15) is 0 Å². The van der Waals surface area contributed by atoms with Crippen LogP contribution in [-0.2, 0) is 11.2 Å². The van der Waals surface area contributed by atoms with E-state index in [1.807, 2.05) is 24.0 Å². The maximum Gasteiger partial charge on any atom is 0.225 e. The van der Waals surface area contributed by atoms with E-state index in [1.54, 1.807) is 12.4 Å². The standard InChI is InChI=1S/C24H32N8O/c1-2-25-23(26-12-8-19-18-30-21-7-4-3-6-20(19)21)27-13-9-22(33)31-14-16-32(17-15-31)24-28-10-5-11-29-24/h3-7,10-11,18,30H,2,8-9,12-17H2,1H3,(H2,25,26,27). The van der Waals surface area contributed by atoms with Gasteiger partial charge in [0.15, 0.2) is 5.96 Å². The number of hydrogen-bond donors (Lipinski definition) is 3. The average molecular weight is 449 g/mol. The number of para-hydroxylation sites is 1. The van der Waals surface area contributed by atoms with Gasteiger partial charge in [0.25, 0.3) is 0 Å². The molecule has 4 rings (SSSR count). The van der Waals surface area contributed by atoms with Gasteiger partial charge in [-0.25, -0.2) is 9.97 Å². The molecule has 9 nitrogen and oxygen atoms in total. The lowest BCUT2D eigenvalue weighted by Gasteiger charge is -2.34. The van der Waals surface area contributed by atoms with Crippen molar-refractivity contribution in [3.8, 4) is 0 Å². The summed E-state index contributed by atoms with van der Waals surface area (Å²) < 4.78 is 0. The zero-order valence-electron chi connectivity index (χ0n) is 19.1. The number of carbonyl (C=O) groups is 1. The Kier molecular flexibility index (Phi) is 7.73. The Bertz CT molecular complexity index is 1060. The van der Waals surface area contributed by atoms with Crippen LogP contribution in [-0.4, -0.2) is 77.5 Å². The molecule has 0 saturated carbocycles. The third-order valence-corrected chi connectivity index (χ3v) is 5.77. The second-order valence-electron chi connectivity index (χ2n) is 7.96. The minimum absolute atomic E-state index is 0.141. The van der Waals surface area contributed by atoms with E-state index in [2.05, 4.69) is 59.9 Å². The van der Waals surface area contributed by atoms with Crippen molar-refractivity contribution in [2.45, 2.75) is 19.8 Å². The molecule has 0 radical (unpaired) electrons. The summed E-state index contributed by atoms with van der Waals surface area (Å²) in [6.45, 7) is 6.91. The van der Waals surface area contributed by atoms with E-state index in [-0.39, 0.29) is 5.91 Å². The molecule has 0 unspecified atom stereocenters. The van der Waals surface area contributed by atoms with Crippen molar-refractivity contribution in [3.05, 3.63) is 54.5 Å². The van der Waals surface area contributed by atoms with Crippen LogP contribution in [0.25, 0.3) is 10.9 Å². The number of guanidine groups is 1. The first-order valence-electron chi connectivity index (χ1n) is 11.6. The molecule has 1 aliphatic rings. The molecule has 3 aromatic rings. The van der Waals surface area contributed by atoms with Crippen LogP contribution in [0.2, 0.25) is 0 Å². The third kappa shape index (κ3) is 6.00. The zero-order valence-corrected chi connectivity index (χ0v) is 19.1. The number of benzene rings is 1. The fraction of sp³-hybridized carbons (Fsp3) is 0.417. The molecule has 9 heteroatoms. The lowest BCUT2D eigenvalue weighted by Crippen LogP contribution is -2.49. The monoisotopic (exact) mass is 448 g/mol. The first-order valence-corrected chi connectivity index (χ1v) is 11.6. The Hall–Kier alpha value is -3.62. The molecule has 1 aliphatic heterocycles. The molecule has 0 atom stereocenters. The van der Waals surface area contributed by atoms with E-state index in [9.17, 15) is 4.79 Å². The van der Waals surface area contributed by atoms with Gasteiger partial charge in [-0.1, -0.05) is 18.2 Å². The highest BCUT2D eigenvalue weighted by Gasteiger charge is 2.22. The van der Waals surface area contributed by atoms with Crippen LogP contribution < -0.4 is 15.5 Å². The number of anilines is 1. The number of rotatable bonds is 8. The van der Waals surface area contributed by atoms with E-state index in [0.29, 0.717) is 26.1 Å². The van der Waals surface area contributed by atoms with Crippen molar-refractivity contribution >= 4 is 28.7 Å². The SMILES string of the molecule is CCNC(=NCCC(=O)N1CCN(c2ncccn2)CC1)NCCc1c[nH]c2ccccc12. The van der Waals surface area contributed by atoms with Crippen LogP contribution in [0.5, 0.6) is 0 Å². The van der Waals surface area contributed by atoms with Gasteiger partial charge in [0, 0.05) is 75.2 Å². The van der Waals surface area contributed by atoms with Crippen molar-refractivity contribution in [3.63, 3.8) is 0 Å². The first-order chi connectivity index (χ1) is 16.2. The smallest absolute Gasteiger partial charge is 0.225 e. The second-order valence-corrected chi connectivity index (χ2v) is 7.96. The van der Waals surface area contributed by atoms with Gasteiger partial charge in [-0.05, 0) is 31.0 Å². The van der Waals surface area contributed by atoms with Gasteiger partial charge >= 0.3 is 0 Å². The summed E-state index contributed by atoms with van der Waals surface area (Å²) >= 11 is 0. The fourth-order valence-corrected chi connectivity index (χ4v) is 4.03. The number of nitrogens with zero attached hydrogens (tertiary/aromatic N) is 5. The quantitative estimate of drug-likeness (QED) is 0.359. The number of aliphatic imine (C=N–C) groups is 1. The Balaban J connectivity index is 1.21. The third-order valence-electron chi connectivity index (χ3n) is 5.77. The summed E-state index contributed by atoms with van der Waals surface area (Å²) in [6.07, 6.45) is 6.85. The summed E-state index contributed by atoms with van der Waals surface area (Å²) in [4.78, 5) is 33.2. The van der Waals surface area contributed by atoms with Gasteiger partial charge < -0.3 is 25.4 Å². The molecule has 174 valence electrons. The van der Waals surface area contributed by atoms with Gasteiger partial charge in [-0.15, -0.1) is 0 Å². The van der Waals surface area contributed by atoms with E-state index >= 15 is 0 Å². The van der Waals surface area contributed by atoms with Crippen LogP contribution in [0.4, 0.5) is 5.95 Å². The minimum atomic E-state index is 0.141. The maximum absolute atomic E-state index is 12.6. The summed E-state index contributed by atoms with van der Waals surface area (Å²) in [6, 6.07) is 10.1. The van der Waals surface area contributed by atoms with Gasteiger partial charge in [-0.3, -0.25) is 9.79 Å². The van der Waals surface area contributed by atoms with Crippen molar-refractivity contribution in [2.24, 2.45) is 4.99 Å². The molecule has 0 spiro atoms. The average Bonchev–Trinajstić information content (AvgIpc) is 3.28. The van der Waals surface area contributed by atoms with E-state index < -0.39 is 0 Å². The molecule has 1 fully saturated rings. The summed E-state index contributed by atoms with van der Waals surface area (Å²) in [5, 5.41) is 7.90. The minimum Gasteiger partial charge on any atom is -0.361 e. The lowest BCUT2D eigenvalue weighted by molar-refractivity contribution is -0.131. The highest BCUT2D eigenvalue weighted by Crippen LogP contribution is 2.17. The lowest BCUT2D eigenvalue weighted by atomic mass is 10.1. The highest BCUT2D eigenvalue weighted by atomic mass is 16.2. The Morgan fingerprint density at radius 3 is 2.67 bits per heavy atom. The second kappa shape index (κ2) is 11.3. The number of aromatic amines is 1. The summed E-state index contributed by atoms with van der Waals surface area (Å²) in [5.74, 6) is 1.61. The van der Waals surface area contributed by atoms with Gasteiger partial charge in [0.2, 0.25) is 11.9 Å². The number of H-pyrrole nitrogens is 1. The Morgan fingerprint density at radius 1 is 1.09 bits per heavy atom. The number of aromatic nitrogens is 3. The van der Waals surface area contributed by atoms with Gasteiger partial charge in [0.1, 0.15) is 0 Å². The van der Waals surface area contributed by atoms with Crippen LogP contribution in [0, 0.1) is 0 Å². The number of carbonyl (C=O) groups excluding carboxylic acids is 1. The number of fused-ring (bicyclic) bond motifs is 1. The molecule has 3 heterocycles. The molecule has 0 bridgehead atoms. The predicted octanol–water partition coefficient (Wildman–Crippen LogP) is 1.79. The number of nitrogens with one attached hydrogen (secondary N) is 3. The van der Waals surface area contributed by atoms with E-state index in [0.717, 1.165) is 50.0 Å². The van der Waals surface area contributed by atoms with Crippen LogP contribution in [0.3, 0.4) is 0 Å². The number of amides is 1. The predicted molar refractivity (Wildman–Crippen MR) is 131 cm³/mol. The van der Waals surface area contributed by atoms with Crippen molar-refractivity contribution < 1.29 is 4.79 Å². The molecule has 1 aromatic carbocycles. The maximum atomic E-state index is 12.6. The van der Waals surface area contributed by atoms with Crippen LogP contribution in [0.1, 0.15) is 18.9 Å². The molecule has 1 saturated heterocycles. The van der Waals surface area contributed by atoms with Crippen LogP contribution >= 0.6 is 0 Å². The topological polar surface area (TPSA) is 102 Å². The van der Waals surface area contributed by atoms with Crippen molar-refractivity contribution in [1.82, 2.24) is 30.5 Å². The molecular formula is C24H32N8O. The fourth-order valence-electron chi connectivity index (χ4n) is 4.03. The summed E-state index contributed by atoms with van der Waals surface area (Å²) in [5.41, 5.74) is 2.44.